The molecule has 2 rings (SSSR count). The smallest absolute Gasteiger partial charge is 0.178 e. The van der Waals surface area contributed by atoms with Gasteiger partial charge in [0.25, 0.3) is 0 Å². The topological polar surface area (TPSA) is 46.5 Å². The Morgan fingerprint density at radius 1 is 0.809 bits per heavy atom. The molecule has 0 radical (unpaired) electrons. The first-order valence-corrected chi connectivity index (χ1v) is 23.8. The lowest BCUT2D eigenvalue weighted by atomic mass is 9.45. The van der Waals surface area contributed by atoms with Crippen molar-refractivity contribution in [1.29, 1.82) is 0 Å². The first-order chi connectivity index (χ1) is 22.1. The molecule has 0 saturated heterocycles. The summed E-state index contributed by atoms with van der Waals surface area (Å²) in [6.45, 7) is 23.4. The largest absolute Gasteiger partial charge is 0.390 e. The molecular formula is C40H72O3P4. The fraction of sp³-hybridized carbons (Fsp3) is 0.750. The van der Waals surface area contributed by atoms with Crippen LogP contribution >= 0.6 is 33.8 Å². The highest BCUT2D eigenvalue weighted by molar-refractivity contribution is 8.06. The van der Waals surface area contributed by atoms with Crippen LogP contribution in [0.4, 0.5) is 0 Å². The lowest BCUT2D eigenvalue weighted by Crippen LogP contribution is -2.57. The van der Waals surface area contributed by atoms with E-state index in [0.29, 0.717) is 34.7 Å². The van der Waals surface area contributed by atoms with Crippen LogP contribution in [0.3, 0.4) is 0 Å². The van der Waals surface area contributed by atoms with Crippen molar-refractivity contribution in [1.82, 2.24) is 0 Å². The maximum Gasteiger partial charge on any atom is 0.178 e. The van der Waals surface area contributed by atoms with Crippen LogP contribution in [-0.4, -0.2) is 23.5 Å². The van der Waals surface area contributed by atoms with E-state index in [1.54, 1.807) is 0 Å². The van der Waals surface area contributed by atoms with E-state index in [-0.39, 0.29) is 13.6 Å². The van der Waals surface area contributed by atoms with Gasteiger partial charge in [0.15, 0.2) is 8.15 Å². The SMILES string of the molecule is C/C(=C/COPP)CC[C@H]1C(C)(O)CCC2C(C)(C)CCC[C@@]21C.CC(C)=CCC/C(C)=C\CC/C(C)=C/CC/C(C)=C\CPP=O. The Morgan fingerprint density at radius 2 is 1.36 bits per heavy atom. The Balaban J connectivity index is 0.000000471. The molecule has 0 aromatic rings. The van der Waals surface area contributed by atoms with Gasteiger partial charge in [0.2, 0.25) is 0 Å². The second kappa shape index (κ2) is 23.5. The molecule has 2 saturated carbocycles. The minimum Gasteiger partial charge on any atom is -0.390 e. The summed E-state index contributed by atoms with van der Waals surface area (Å²) in [5.74, 6) is 1.14. The van der Waals surface area contributed by atoms with E-state index < -0.39 is 5.60 Å². The summed E-state index contributed by atoms with van der Waals surface area (Å²) in [6.07, 6.45) is 27.6. The van der Waals surface area contributed by atoms with Crippen molar-refractivity contribution in [3.05, 3.63) is 58.2 Å². The average molecular weight is 725 g/mol. The maximum atomic E-state index is 11.2. The molecule has 2 aliphatic carbocycles. The lowest BCUT2D eigenvalue weighted by molar-refractivity contribution is -0.168. The fourth-order valence-corrected chi connectivity index (χ4v) is 9.70. The van der Waals surface area contributed by atoms with Gasteiger partial charge in [-0.25, -0.2) is 0 Å². The van der Waals surface area contributed by atoms with Crippen molar-refractivity contribution >= 4 is 33.8 Å². The van der Waals surface area contributed by atoms with Crippen molar-refractivity contribution in [3.8, 4) is 0 Å². The second-order valence-electron chi connectivity index (χ2n) is 15.9. The molecule has 0 heterocycles. The summed E-state index contributed by atoms with van der Waals surface area (Å²) in [5.41, 5.74) is 7.40. The van der Waals surface area contributed by atoms with Gasteiger partial charge in [-0.05, 0) is 163 Å². The molecule has 0 aromatic heterocycles. The number of hydrogen-bond donors (Lipinski definition) is 1. The summed E-state index contributed by atoms with van der Waals surface area (Å²) < 4.78 is 15.8. The minimum absolute atomic E-state index is 0.279. The molecule has 0 amide bonds. The lowest BCUT2D eigenvalue weighted by Gasteiger charge is -2.61. The Morgan fingerprint density at radius 3 is 1.91 bits per heavy atom. The molecule has 1 N–H and O–H groups in total. The van der Waals surface area contributed by atoms with Crippen LogP contribution < -0.4 is 0 Å². The van der Waals surface area contributed by atoms with Crippen molar-refractivity contribution < 1.29 is 14.2 Å². The number of aliphatic hydroxyl groups is 1. The van der Waals surface area contributed by atoms with Crippen LogP contribution in [0.5, 0.6) is 0 Å². The zero-order chi connectivity index (χ0) is 35.5. The molecule has 3 nitrogen and oxygen atoms in total. The van der Waals surface area contributed by atoms with Crippen molar-refractivity contribution in [2.75, 3.05) is 12.8 Å². The molecule has 0 bridgehead atoms. The van der Waals surface area contributed by atoms with Gasteiger partial charge in [-0.3, -0.25) is 4.57 Å². The predicted molar refractivity (Wildman–Crippen MR) is 219 cm³/mol. The normalized spacial score (nSPS) is 27.3. The van der Waals surface area contributed by atoms with E-state index in [9.17, 15) is 9.67 Å². The van der Waals surface area contributed by atoms with Gasteiger partial charge in [-0.2, -0.15) is 0 Å². The van der Waals surface area contributed by atoms with Crippen LogP contribution in [0.15, 0.2) is 58.2 Å². The van der Waals surface area contributed by atoms with E-state index in [1.807, 2.05) is 0 Å². The summed E-state index contributed by atoms with van der Waals surface area (Å²) in [6, 6.07) is 0. The predicted octanol–water partition coefficient (Wildman–Crippen LogP) is 14.1. The Labute approximate surface area is 299 Å². The molecule has 270 valence electrons. The van der Waals surface area contributed by atoms with Crippen LogP contribution in [0.1, 0.15) is 153 Å². The third-order valence-corrected chi connectivity index (χ3v) is 13.2. The first kappa shape index (κ1) is 45.0. The standard InChI is InChI=1S/C20H38O2P2.C20H34OP2/c1-15(10-14-22-24-23)7-8-17-19(4)12-6-11-18(2,3)16(19)9-13-20(17,5)21;1-17(2)9-6-10-18(3)11-7-12-19(4)13-8-14-20(5)15-16-22-23-21/h10,16-17,21,24H,6-9,11-14,23H2,1-5H3;9,11,13,15,22H,6-8,10,12,14,16H2,1-5H3/b15-10-;18-11-,19-13+,20-15-/t16?,17-,19+,20?;/m1./s1. The van der Waals surface area contributed by atoms with Crippen LogP contribution in [0.2, 0.25) is 0 Å². The molecule has 2 fully saturated rings. The third-order valence-electron chi connectivity index (χ3n) is 10.9. The highest BCUT2D eigenvalue weighted by atomic mass is 32.0. The zero-order valence-corrected chi connectivity index (χ0v) is 36.0. The maximum absolute atomic E-state index is 11.2. The summed E-state index contributed by atoms with van der Waals surface area (Å²) in [5, 5.41) is 11.2. The van der Waals surface area contributed by atoms with Gasteiger partial charge in [-0.1, -0.05) is 94.4 Å². The van der Waals surface area contributed by atoms with Gasteiger partial charge in [0.05, 0.1) is 12.2 Å². The van der Waals surface area contributed by atoms with Gasteiger partial charge in [0, 0.05) is 8.50 Å². The highest BCUT2D eigenvalue weighted by Crippen LogP contribution is 2.63. The van der Waals surface area contributed by atoms with E-state index in [4.69, 9.17) is 4.52 Å². The van der Waals surface area contributed by atoms with Crippen molar-refractivity contribution in [2.45, 2.75) is 158 Å². The molecule has 5 unspecified atom stereocenters. The number of hydrogen-bond acceptors (Lipinski definition) is 3. The molecule has 0 spiro atoms. The monoisotopic (exact) mass is 724 g/mol. The third kappa shape index (κ3) is 17.7. The van der Waals surface area contributed by atoms with E-state index in [0.717, 1.165) is 57.0 Å². The zero-order valence-electron chi connectivity index (χ0n) is 31.9. The quantitative estimate of drug-likeness (QED) is 0.0870. The second-order valence-corrected chi connectivity index (χ2v) is 19.5. The molecule has 0 aliphatic heterocycles. The van der Waals surface area contributed by atoms with E-state index >= 15 is 0 Å². The summed E-state index contributed by atoms with van der Waals surface area (Å²) in [4.78, 5) is 0. The molecule has 7 atom stereocenters. The molecule has 2 aliphatic rings. The van der Waals surface area contributed by atoms with Crippen LogP contribution in [0, 0.1) is 22.7 Å². The summed E-state index contributed by atoms with van der Waals surface area (Å²) in [7, 11) is 3.90. The number of rotatable bonds is 18. The number of fused-ring (bicyclic) bond motifs is 1. The molecule has 7 heteroatoms. The van der Waals surface area contributed by atoms with E-state index in [1.165, 1.54) is 66.4 Å². The van der Waals surface area contributed by atoms with Crippen molar-refractivity contribution in [3.63, 3.8) is 0 Å². The van der Waals surface area contributed by atoms with Crippen LogP contribution in [0.25, 0.3) is 0 Å². The Bertz CT molecular complexity index is 1080. The van der Waals surface area contributed by atoms with Crippen LogP contribution in [-0.2, 0) is 9.09 Å². The highest BCUT2D eigenvalue weighted by Gasteiger charge is 2.57. The van der Waals surface area contributed by atoms with Gasteiger partial charge < -0.3 is 9.63 Å². The number of allylic oxidation sites excluding steroid dienone is 9. The fourth-order valence-electron chi connectivity index (χ4n) is 8.22. The van der Waals surface area contributed by atoms with Gasteiger partial charge >= 0.3 is 0 Å². The summed E-state index contributed by atoms with van der Waals surface area (Å²) >= 11 is 0. The van der Waals surface area contributed by atoms with Crippen molar-refractivity contribution in [2.24, 2.45) is 22.7 Å². The molecule has 47 heavy (non-hydrogen) atoms. The average Bonchev–Trinajstić information content (AvgIpc) is 2.96. The Hall–Kier alpha value is 0.01000. The van der Waals surface area contributed by atoms with Gasteiger partial charge in [-0.15, -0.1) is 0 Å². The molecular weight excluding hydrogens is 652 g/mol. The minimum atomic E-state index is -0.517. The molecule has 0 aromatic carbocycles. The first-order valence-electron chi connectivity index (χ1n) is 18.2. The Kier molecular flexibility index (Phi) is 22.5. The van der Waals surface area contributed by atoms with Gasteiger partial charge in [0.1, 0.15) is 0 Å². The van der Waals surface area contributed by atoms with E-state index in [2.05, 4.69) is 109 Å².